The summed E-state index contributed by atoms with van der Waals surface area (Å²) in [6, 6.07) is 2.00. The molecule has 0 aliphatic rings. The van der Waals surface area contributed by atoms with Crippen LogP contribution in [-0.2, 0) is 4.79 Å². The summed E-state index contributed by atoms with van der Waals surface area (Å²) in [6.45, 7) is 5.90. The van der Waals surface area contributed by atoms with Crippen LogP contribution in [0.1, 0.15) is 27.2 Å². The molecule has 0 spiro atoms. The zero-order valence-corrected chi connectivity index (χ0v) is 7.27. The minimum Gasteiger partial charge on any atom is -0.355 e. The average molecular weight is 154 g/mol. The molecular weight excluding hydrogens is 140 g/mol. The third kappa shape index (κ3) is 2.23. The van der Waals surface area contributed by atoms with Crippen LogP contribution in [0.2, 0.25) is 0 Å². The first-order valence-electron chi connectivity index (χ1n) is 3.80. The van der Waals surface area contributed by atoms with Gasteiger partial charge >= 0.3 is 0 Å². The van der Waals surface area contributed by atoms with Gasteiger partial charge in [0.25, 0.3) is 0 Å². The van der Waals surface area contributed by atoms with Gasteiger partial charge in [-0.05, 0) is 20.3 Å². The largest absolute Gasteiger partial charge is 0.355 e. The molecule has 0 rings (SSSR count). The Balaban J connectivity index is 4.28. The molecule has 0 saturated heterocycles. The van der Waals surface area contributed by atoms with Crippen molar-refractivity contribution in [2.24, 2.45) is 5.41 Å². The van der Waals surface area contributed by atoms with Crippen molar-refractivity contribution in [2.75, 3.05) is 6.54 Å². The highest BCUT2D eigenvalue weighted by atomic mass is 16.2. The number of carbonyl (C=O) groups is 1. The maximum Gasteiger partial charge on any atom is 0.240 e. The first-order valence-corrected chi connectivity index (χ1v) is 3.80. The highest BCUT2D eigenvalue weighted by Gasteiger charge is 2.30. The first-order chi connectivity index (χ1) is 5.10. The molecule has 0 aromatic carbocycles. The van der Waals surface area contributed by atoms with Crippen molar-refractivity contribution in [3.8, 4) is 6.07 Å². The molecule has 0 bridgehead atoms. The van der Waals surface area contributed by atoms with Gasteiger partial charge in [0, 0.05) is 6.54 Å². The molecule has 0 aromatic heterocycles. The van der Waals surface area contributed by atoms with E-state index in [-0.39, 0.29) is 5.91 Å². The van der Waals surface area contributed by atoms with Gasteiger partial charge in [0.2, 0.25) is 5.91 Å². The Hall–Kier alpha value is -1.04. The molecule has 1 N–H and O–H groups in total. The molecule has 0 saturated carbocycles. The highest BCUT2D eigenvalue weighted by Crippen LogP contribution is 2.18. The summed E-state index contributed by atoms with van der Waals surface area (Å²) >= 11 is 0. The van der Waals surface area contributed by atoms with Crippen molar-refractivity contribution in [3.63, 3.8) is 0 Å². The minimum atomic E-state index is -0.851. The number of carbonyl (C=O) groups excluding carboxylic acids is 1. The molecule has 1 atom stereocenters. The van der Waals surface area contributed by atoms with Crippen molar-refractivity contribution in [1.82, 2.24) is 5.32 Å². The van der Waals surface area contributed by atoms with Crippen LogP contribution in [0.4, 0.5) is 0 Å². The van der Waals surface area contributed by atoms with E-state index >= 15 is 0 Å². The van der Waals surface area contributed by atoms with Crippen molar-refractivity contribution < 1.29 is 4.79 Å². The second-order valence-corrected chi connectivity index (χ2v) is 2.66. The summed E-state index contributed by atoms with van der Waals surface area (Å²) in [5, 5.41) is 11.3. The standard InChI is InChI=1S/C8H14N2O/c1-4-8(3,6-9)7(11)10-5-2/h4-5H2,1-3H3,(H,10,11). The van der Waals surface area contributed by atoms with Gasteiger partial charge in [-0.15, -0.1) is 0 Å². The van der Waals surface area contributed by atoms with Gasteiger partial charge in [-0.1, -0.05) is 6.92 Å². The molecule has 11 heavy (non-hydrogen) atoms. The predicted molar refractivity (Wildman–Crippen MR) is 42.7 cm³/mol. The Labute approximate surface area is 67.4 Å². The molecule has 0 aliphatic carbocycles. The van der Waals surface area contributed by atoms with Gasteiger partial charge in [0.05, 0.1) is 6.07 Å². The van der Waals surface area contributed by atoms with E-state index in [4.69, 9.17) is 5.26 Å². The Morgan fingerprint density at radius 2 is 2.18 bits per heavy atom. The van der Waals surface area contributed by atoms with Crippen LogP contribution in [0.25, 0.3) is 0 Å². The van der Waals surface area contributed by atoms with E-state index in [9.17, 15) is 4.79 Å². The number of hydrogen-bond donors (Lipinski definition) is 1. The lowest BCUT2D eigenvalue weighted by molar-refractivity contribution is -0.127. The van der Waals surface area contributed by atoms with Crippen molar-refractivity contribution in [1.29, 1.82) is 5.26 Å². The summed E-state index contributed by atoms with van der Waals surface area (Å²) in [5.74, 6) is -0.176. The van der Waals surface area contributed by atoms with Crippen molar-refractivity contribution in [2.45, 2.75) is 27.2 Å². The topological polar surface area (TPSA) is 52.9 Å². The molecular formula is C8H14N2O. The Morgan fingerprint density at radius 1 is 1.64 bits per heavy atom. The molecule has 0 aromatic rings. The molecule has 0 aliphatic heterocycles. The van der Waals surface area contributed by atoms with Gasteiger partial charge in [-0.2, -0.15) is 5.26 Å². The van der Waals surface area contributed by atoms with Crippen LogP contribution in [0.15, 0.2) is 0 Å². The number of nitrogens with one attached hydrogen (secondary N) is 1. The van der Waals surface area contributed by atoms with E-state index in [1.807, 2.05) is 19.9 Å². The maximum atomic E-state index is 11.2. The monoisotopic (exact) mass is 154 g/mol. The van der Waals surface area contributed by atoms with E-state index in [1.165, 1.54) is 0 Å². The van der Waals surface area contributed by atoms with E-state index < -0.39 is 5.41 Å². The SMILES string of the molecule is CCNC(=O)C(C)(C#N)CC. The van der Waals surface area contributed by atoms with Gasteiger partial charge in [0.15, 0.2) is 0 Å². The summed E-state index contributed by atoms with van der Waals surface area (Å²) in [7, 11) is 0. The number of amides is 1. The smallest absolute Gasteiger partial charge is 0.240 e. The van der Waals surface area contributed by atoms with E-state index in [0.29, 0.717) is 13.0 Å². The average Bonchev–Trinajstić information content (AvgIpc) is 2.03. The number of nitriles is 1. The van der Waals surface area contributed by atoms with Crippen LogP contribution >= 0.6 is 0 Å². The van der Waals surface area contributed by atoms with Gasteiger partial charge in [-0.3, -0.25) is 4.79 Å². The van der Waals surface area contributed by atoms with Crippen LogP contribution < -0.4 is 5.32 Å². The lowest BCUT2D eigenvalue weighted by atomic mass is 9.88. The van der Waals surface area contributed by atoms with Gasteiger partial charge < -0.3 is 5.32 Å². The molecule has 62 valence electrons. The molecule has 3 nitrogen and oxygen atoms in total. The summed E-state index contributed by atoms with van der Waals surface area (Å²) in [6.07, 6.45) is 0.551. The number of nitrogens with zero attached hydrogens (tertiary/aromatic N) is 1. The molecule has 1 amide bonds. The fraction of sp³-hybridized carbons (Fsp3) is 0.750. The zero-order chi connectivity index (χ0) is 8.91. The molecule has 0 radical (unpaired) electrons. The fourth-order valence-corrected chi connectivity index (χ4v) is 0.646. The van der Waals surface area contributed by atoms with Crippen molar-refractivity contribution >= 4 is 5.91 Å². The predicted octanol–water partition coefficient (Wildman–Crippen LogP) is 1.06. The van der Waals surface area contributed by atoms with Crippen LogP contribution in [-0.4, -0.2) is 12.5 Å². The second kappa shape index (κ2) is 3.97. The lowest BCUT2D eigenvalue weighted by Crippen LogP contribution is -2.37. The fourth-order valence-electron chi connectivity index (χ4n) is 0.646. The molecule has 0 fully saturated rings. The Morgan fingerprint density at radius 3 is 2.45 bits per heavy atom. The molecule has 3 heteroatoms. The van der Waals surface area contributed by atoms with Gasteiger partial charge in [-0.25, -0.2) is 0 Å². The third-order valence-electron chi connectivity index (χ3n) is 1.79. The molecule has 0 heterocycles. The minimum absolute atomic E-state index is 0.176. The van der Waals surface area contributed by atoms with Crippen LogP contribution in [0.5, 0.6) is 0 Å². The molecule has 1 unspecified atom stereocenters. The van der Waals surface area contributed by atoms with E-state index in [1.54, 1.807) is 6.92 Å². The summed E-state index contributed by atoms with van der Waals surface area (Å²) < 4.78 is 0. The van der Waals surface area contributed by atoms with E-state index in [0.717, 1.165) is 0 Å². The summed E-state index contributed by atoms with van der Waals surface area (Å²) in [4.78, 5) is 11.2. The lowest BCUT2D eigenvalue weighted by Gasteiger charge is -2.17. The van der Waals surface area contributed by atoms with Crippen LogP contribution in [0.3, 0.4) is 0 Å². The Kier molecular flexibility index (Phi) is 3.59. The number of hydrogen-bond acceptors (Lipinski definition) is 2. The van der Waals surface area contributed by atoms with E-state index in [2.05, 4.69) is 5.32 Å². The number of rotatable bonds is 3. The highest BCUT2D eigenvalue weighted by molar-refractivity contribution is 5.84. The third-order valence-corrected chi connectivity index (χ3v) is 1.79. The van der Waals surface area contributed by atoms with Gasteiger partial charge in [0.1, 0.15) is 5.41 Å². The first kappa shape index (κ1) is 9.96. The maximum absolute atomic E-state index is 11.2. The summed E-state index contributed by atoms with van der Waals surface area (Å²) in [5.41, 5.74) is -0.851. The Bertz CT molecular complexity index is 183. The normalized spacial score (nSPS) is 14.7. The van der Waals surface area contributed by atoms with Crippen molar-refractivity contribution in [3.05, 3.63) is 0 Å². The van der Waals surface area contributed by atoms with Crippen LogP contribution in [0, 0.1) is 16.7 Å². The second-order valence-electron chi connectivity index (χ2n) is 2.66. The zero-order valence-electron chi connectivity index (χ0n) is 7.27. The quantitative estimate of drug-likeness (QED) is 0.660.